The number of aliphatic hydroxyl groups is 2. The number of benzene rings is 2. The lowest BCUT2D eigenvalue weighted by Crippen LogP contribution is -2.69. The number of hydrogen-bond donors (Lipinski definition) is 2. The third-order valence-corrected chi connectivity index (χ3v) is 12.8. The van der Waals surface area contributed by atoms with E-state index in [0.29, 0.717) is 49.5 Å². The molecule has 5 rings (SSSR count). The highest BCUT2D eigenvalue weighted by Gasteiger charge is 2.65. The van der Waals surface area contributed by atoms with Crippen LogP contribution < -0.4 is 9.47 Å². The predicted octanol–water partition coefficient (Wildman–Crippen LogP) is 11.0. The quantitative estimate of drug-likeness (QED) is 0.0494. The fourth-order valence-corrected chi connectivity index (χ4v) is 9.71. The number of nitrogens with zero attached hydrogens (tertiary/aromatic N) is 2. The van der Waals surface area contributed by atoms with Gasteiger partial charge in [0.15, 0.2) is 0 Å². The molecule has 1 aliphatic heterocycles. The molecule has 1 heterocycles. The Kier molecular flexibility index (Phi) is 19.9. The Morgan fingerprint density at radius 1 is 0.951 bits per heavy atom. The van der Waals surface area contributed by atoms with E-state index in [4.69, 9.17) is 28.9 Å². The first-order chi connectivity index (χ1) is 29.8. The van der Waals surface area contributed by atoms with Crippen LogP contribution in [0.25, 0.3) is 0 Å². The number of amides is 1. The molecule has 6 unspecified atom stereocenters. The number of carbonyl (C=O) groups excluding carboxylic acids is 1. The molecule has 1 fully saturated rings. The average Bonchev–Trinajstić information content (AvgIpc) is 3.27. The normalized spacial score (nSPS) is 23.3. The van der Waals surface area contributed by atoms with Gasteiger partial charge in [0.25, 0.3) is 0 Å². The maximum Gasteiger partial charge on any atom is 0.409 e. The fourth-order valence-electron chi connectivity index (χ4n) is 9.71. The van der Waals surface area contributed by atoms with Crippen LogP contribution in [0.3, 0.4) is 0 Å². The van der Waals surface area contributed by atoms with Crippen molar-refractivity contribution in [2.24, 2.45) is 22.9 Å². The van der Waals surface area contributed by atoms with E-state index < -0.39 is 23.8 Å². The number of carbonyl (C=O) groups is 1. The second-order valence-electron chi connectivity index (χ2n) is 17.0. The Labute approximate surface area is 364 Å². The first-order valence-corrected chi connectivity index (χ1v) is 23.3. The predicted molar refractivity (Wildman–Crippen MR) is 238 cm³/mol. The van der Waals surface area contributed by atoms with Gasteiger partial charge >= 0.3 is 6.09 Å². The summed E-state index contributed by atoms with van der Waals surface area (Å²) < 4.78 is 41.1. The van der Waals surface area contributed by atoms with Crippen LogP contribution in [0, 0.1) is 23.6 Å². The molecule has 11 heteroatoms. The molecule has 1 amide bonds. The molecule has 3 aliphatic rings. The Morgan fingerprint density at radius 3 is 2.34 bits per heavy atom. The first-order valence-electron chi connectivity index (χ1n) is 23.3. The lowest BCUT2D eigenvalue weighted by Gasteiger charge is -2.59. The van der Waals surface area contributed by atoms with Gasteiger partial charge in [-0.1, -0.05) is 113 Å². The molecule has 10 nitrogen and oxygen atoms in total. The number of halogens is 1. The van der Waals surface area contributed by atoms with Crippen molar-refractivity contribution in [3.63, 3.8) is 0 Å². The number of oxime groups is 1. The smallest absolute Gasteiger partial charge is 0.409 e. The molecule has 0 radical (unpaired) electrons. The molecule has 2 N–H and O–H groups in total. The minimum absolute atomic E-state index is 0.0565. The maximum absolute atomic E-state index is 14.7. The van der Waals surface area contributed by atoms with Crippen LogP contribution in [0.15, 0.2) is 71.9 Å². The summed E-state index contributed by atoms with van der Waals surface area (Å²) in [4.78, 5) is 21.5. The number of aliphatic hydroxyl groups excluding tert-OH is 2. The Bertz CT molecular complexity index is 1720. The highest BCUT2D eigenvalue weighted by Crippen LogP contribution is 2.61. The summed E-state index contributed by atoms with van der Waals surface area (Å²) in [6.07, 6.45) is 20.4. The maximum atomic E-state index is 14.7. The third kappa shape index (κ3) is 12.6. The number of unbranched alkanes of at least 4 members (excludes halogenated alkanes) is 11. The SMILES string of the molecule is C=CCOC12Oc3ccc(OCc4ccccc4F)cc3C3C(CCCCO)C(CCCCO)C=C(C(=NOCC)CC1N(C)C(=O)OCCCCCCCCCCCC)C32. The zero-order valence-corrected chi connectivity index (χ0v) is 37.2. The summed E-state index contributed by atoms with van der Waals surface area (Å²) in [7, 11) is 1.75. The van der Waals surface area contributed by atoms with E-state index >= 15 is 0 Å². The number of rotatable bonds is 28. The monoisotopic (exact) mass is 849 g/mol. The average molecular weight is 849 g/mol. The molecule has 0 spiro atoms. The highest BCUT2D eigenvalue weighted by molar-refractivity contribution is 6.02. The molecule has 6 atom stereocenters. The van der Waals surface area contributed by atoms with Crippen LogP contribution in [-0.4, -0.2) is 78.8 Å². The van der Waals surface area contributed by atoms with Crippen molar-refractivity contribution < 1.29 is 43.2 Å². The molecule has 2 aromatic carbocycles. The van der Waals surface area contributed by atoms with Gasteiger partial charge in [-0.3, -0.25) is 0 Å². The Hall–Kier alpha value is -3.93. The summed E-state index contributed by atoms with van der Waals surface area (Å²) >= 11 is 0. The standard InChI is InChI=1S/C50H73FN2O8/c1-5-8-9-10-11-12-13-14-15-22-32-57-49(56)53(4)46-35-44(52-60-7-3)41-33-37(23-18-20-29-54)40(25-19-21-30-55)47-42-34-39(58-36-38-24-16-17-26-43(38)51)27-28-45(42)61-50(46,48(41)47)59-31-6-2/h6,16-17,24,26-28,33-34,37,40,46-48,54-55H,2,5,7-15,18-23,25,29-32,35-36H2,1,3-4H3. The molecule has 338 valence electrons. The largest absolute Gasteiger partial charge is 0.489 e. The van der Waals surface area contributed by atoms with Gasteiger partial charge in [-0.25, -0.2) is 9.18 Å². The van der Waals surface area contributed by atoms with Gasteiger partial charge in [-0.05, 0) is 80.7 Å². The van der Waals surface area contributed by atoms with Crippen molar-refractivity contribution >= 4 is 11.8 Å². The molecule has 1 saturated carbocycles. The van der Waals surface area contributed by atoms with Gasteiger partial charge in [0.1, 0.15) is 36.6 Å². The lowest BCUT2D eigenvalue weighted by molar-refractivity contribution is -0.253. The molecular formula is C50H73FN2O8. The van der Waals surface area contributed by atoms with Gasteiger partial charge in [-0.15, -0.1) is 6.58 Å². The molecule has 0 saturated heterocycles. The van der Waals surface area contributed by atoms with Crippen molar-refractivity contribution in [3.05, 3.63) is 83.7 Å². The minimum atomic E-state index is -1.37. The van der Waals surface area contributed by atoms with Crippen LogP contribution in [0.5, 0.6) is 11.5 Å². The highest BCUT2D eigenvalue weighted by atomic mass is 19.1. The summed E-state index contributed by atoms with van der Waals surface area (Å²) in [5.41, 5.74) is 3.08. The van der Waals surface area contributed by atoms with Gasteiger partial charge in [0.2, 0.25) is 5.79 Å². The van der Waals surface area contributed by atoms with Crippen molar-refractivity contribution in [3.8, 4) is 11.5 Å². The molecular weight excluding hydrogens is 776 g/mol. The molecule has 0 aromatic heterocycles. The van der Waals surface area contributed by atoms with E-state index in [1.54, 1.807) is 36.2 Å². The summed E-state index contributed by atoms with van der Waals surface area (Å²) in [5, 5.41) is 24.4. The molecule has 2 aliphatic carbocycles. The third-order valence-electron chi connectivity index (χ3n) is 12.8. The van der Waals surface area contributed by atoms with Crippen LogP contribution in [0.1, 0.15) is 140 Å². The number of fused-ring (bicyclic) bond motifs is 2. The number of allylic oxidation sites excluding steroid dienone is 1. The van der Waals surface area contributed by atoms with Crippen molar-refractivity contribution in [2.45, 2.75) is 147 Å². The van der Waals surface area contributed by atoms with E-state index in [2.05, 4.69) is 19.6 Å². The van der Waals surface area contributed by atoms with Crippen molar-refractivity contribution in [1.82, 2.24) is 4.90 Å². The second kappa shape index (κ2) is 25.2. The molecule has 61 heavy (non-hydrogen) atoms. The van der Waals surface area contributed by atoms with Crippen LogP contribution in [-0.2, 0) is 20.9 Å². The van der Waals surface area contributed by atoms with Crippen molar-refractivity contribution in [1.29, 1.82) is 0 Å². The van der Waals surface area contributed by atoms with Gasteiger partial charge in [0, 0.05) is 43.7 Å². The minimum Gasteiger partial charge on any atom is -0.489 e. The summed E-state index contributed by atoms with van der Waals surface area (Å²) in [5.74, 6) is -0.974. The second-order valence-corrected chi connectivity index (χ2v) is 17.0. The lowest BCUT2D eigenvalue weighted by atomic mass is 9.55. The number of likely N-dealkylation sites (N-methyl/N-ethyl adjacent to an activating group) is 1. The zero-order valence-electron chi connectivity index (χ0n) is 37.2. The summed E-state index contributed by atoms with van der Waals surface area (Å²) in [6.45, 7) is 9.27. The topological polar surface area (TPSA) is 119 Å². The van der Waals surface area contributed by atoms with Gasteiger partial charge < -0.3 is 38.9 Å². The Balaban J connectivity index is 1.51. The first kappa shape index (κ1) is 48.1. The van der Waals surface area contributed by atoms with E-state index in [1.165, 1.54) is 51.0 Å². The van der Waals surface area contributed by atoms with Crippen LogP contribution in [0.2, 0.25) is 0 Å². The van der Waals surface area contributed by atoms with Crippen LogP contribution in [0.4, 0.5) is 9.18 Å². The zero-order chi connectivity index (χ0) is 43.5. The molecule has 2 aromatic rings. The summed E-state index contributed by atoms with van der Waals surface area (Å²) in [6, 6.07) is 11.7. The van der Waals surface area contributed by atoms with Gasteiger partial charge in [0.05, 0.1) is 24.8 Å². The fraction of sp³-hybridized carbons (Fsp3) is 0.640. The van der Waals surface area contributed by atoms with E-state index in [1.807, 2.05) is 25.1 Å². The van der Waals surface area contributed by atoms with E-state index in [-0.39, 0.29) is 50.0 Å². The van der Waals surface area contributed by atoms with E-state index in [9.17, 15) is 19.4 Å². The van der Waals surface area contributed by atoms with E-state index in [0.717, 1.165) is 61.8 Å². The van der Waals surface area contributed by atoms with Gasteiger partial charge in [-0.2, -0.15) is 0 Å². The Morgan fingerprint density at radius 2 is 1.66 bits per heavy atom. The number of hydrogen-bond acceptors (Lipinski definition) is 9. The number of ether oxygens (including phenoxy) is 4. The van der Waals surface area contributed by atoms with Crippen LogP contribution >= 0.6 is 0 Å². The van der Waals surface area contributed by atoms with Crippen molar-refractivity contribution in [2.75, 3.05) is 40.1 Å². The molecule has 0 bridgehead atoms.